The second-order valence-electron chi connectivity index (χ2n) is 7.91. The molecule has 0 bridgehead atoms. The number of nitrogens with one attached hydrogen (secondary N) is 3. The van der Waals surface area contributed by atoms with E-state index in [1.807, 2.05) is 55.4 Å². The molecule has 0 spiro atoms. The van der Waals surface area contributed by atoms with Crippen LogP contribution in [0.25, 0.3) is 0 Å². The van der Waals surface area contributed by atoms with E-state index in [1.54, 1.807) is 0 Å². The molecule has 1 amide bonds. The fraction of sp³-hybridized carbons (Fsp3) is 0.889. The van der Waals surface area contributed by atoms with Crippen LogP contribution in [0.5, 0.6) is 0 Å². The van der Waals surface area contributed by atoms with Crippen LogP contribution in [0.4, 0.5) is 4.79 Å². The Labute approximate surface area is 153 Å². The zero-order valence-corrected chi connectivity index (χ0v) is 17.3. The molecular weight excluding hydrogens is 320 g/mol. The fourth-order valence-corrected chi connectivity index (χ4v) is 1.84. The maximum absolute atomic E-state index is 11.9. The maximum atomic E-state index is 11.9. The van der Waals surface area contributed by atoms with E-state index in [4.69, 9.17) is 9.47 Å². The van der Waals surface area contributed by atoms with Crippen LogP contribution < -0.4 is 16.0 Å². The Kier molecular flexibility index (Phi) is 10.5. The van der Waals surface area contributed by atoms with Gasteiger partial charge in [0.2, 0.25) is 0 Å². The van der Waals surface area contributed by atoms with Crippen molar-refractivity contribution >= 4 is 12.1 Å². The molecule has 0 aliphatic rings. The molecule has 148 valence electrons. The van der Waals surface area contributed by atoms with Crippen LogP contribution in [0.1, 0.15) is 61.8 Å². The van der Waals surface area contributed by atoms with Crippen LogP contribution in [0.2, 0.25) is 0 Å². The first kappa shape index (κ1) is 23.5. The zero-order chi connectivity index (χ0) is 19.5. The van der Waals surface area contributed by atoms with Crippen LogP contribution in [-0.4, -0.2) is 55.5 Å². The summed E-state index contributed by atoms with van der Waals surface area (Å²) in [6.45, 7) is 18.1. The minimum Gasteiger partial charge on any atom is -0.444 e. The first-order valence-electron chi connectivity index (χ1n) is 9.10. The third kappa shape index (κ3) is 14.5. The Morgan fingerprint density at radius 3 is 2.28 bits per heavy atom. The number of guanidine groups is 1. The third-order valence-electron chi connectivity index (χ3n) is 2.88. The molecular formula is C18H38N4O3. The van der Waals surface area contributed by atoms with Gasteiger partial charge in [-0.2, -0.15) is 0 Å². The van der Waals surface area contributed by atoms with Crippen molar-refractivity contribution < 1.29 is 14.3 Å². The van der Waals surface area contributed by atoms with Crippen molar-refractivity contribution in [1.82, 2.24) is 16.0 Å². The predicted octanol–water partition coefficient (Wildman–Crippen LogP) is 2.66. The summed E-state index contributed by atoms with van der Waals surface area (Å²) in [5.41, 5.74) is -1.02. The Hall–Kier alpha value is -1.50. The Bertz CT molecular complexity index is 415. The molecule has 25 heavy (non-hydrogen) atoms. The summed E-state index contributed by atoms with van der Waals surface area (Å²) in [5.74, 6) is 0.728. The quantitative estimate of drug-likeness (QED) is 0.335. The van der Waals surface area contributed by atoms with Gasteiger partial charge in [0.1, 0.15) is 5.60 Å². The summed E-state index contributed by atoms with van der Waals surface area (Å²) < 4.78 is 10.8. The molecule has 3 N–H and O–H groups in total. The summed E-state index contributed by atoms with van der Waals surface area (Å²) in [6.07, 6.45) is 0.723. The first-order valence-corrected chi connectivity index (χ1v) is 9.10. The summed E-state index contributed by atoms with van der Waals surface area (Å²) in [6, 6.07) is 0. The topological polar surface area (TPSA) is 84.0 Å². The highest BCUT2D eigenvalue weighted by Crippen LogP contribution is 2.09. The molecule has 0 aromatic carbocycles. The van der Waals surface area contributed by atoms with E-state index in [0.29, 0.717) is 6.54 Å². The average molecular weight is 359 g/mol. The first-order chi connectivity index (χ1) is 11.4. The molecule has 0 atom stereocenters. The van der Waals surface area contributed by atoms with E-state index in [9.17, 15) is 4.79 Å². The van der Waals surface area contributed by atoms with Crippen LogP contribution in [0.15, 0.2) is 4.99 Å². The molecule has 0 aliphatic heterocycles. The number of rotatable bonds is 9. The lowest BCUT2D eigenvalue weighted by Crippen LogP contribution is -2.49. The van der Waals surface area contributed by atoms with Crippen LogP contribution in [0, 0.1) is 0 Å². The van der Waals surface area contributed by atoms with Crippen molar-refractivity contribution in [3.63, 3.8) is 0 Å². The lowest BCUT2D eigenvalue weighted by atomic mass is 10.1. The van der Waals surface area contributed by atoms with Crippen molar-refractivity contribution in [3.8, 4) is 0 Å². The monoisotopic (exact) mass is 358 g/mol. The Balaban J connectivity index is 4.43. The fourth-order valence-electron chi connectivity index (χ4n) is 1.84. The van der Waals surface area contributed by atoms with Gasteiger partial charge in [-0.1, -0.05) is 0 Å². The molecule has 0 rings (SSSR count). The van der Waals surface area contributed by atoms with E-state index >= 15 is 0 Å². The van der Waals surface area contributed by atoms with Gasteiger partial charge in [-0.3, -0.25) is 4.99 Å². The van der Waals surface area contributed by atoms with Crippen molar-refractivity contribution in [2.24, 2.45) is 4.99 Å². The van der Waals surface area contributed by atoms with E-state index in [2.05, 4.69) is 20.9 Å². The molecule has 0 unspecified atom stereocenters. The van der Waals surface area contributed by atoms with Gasteiger partial charge in [0.25, 0.3) is 0 Å². The molecule has 0 saturated carbocycles. The van der Waals surface area contributed by atoms with Gasteiger partial charge < -0.3 is 25.4 Å². The highest BCUT2D eigenvalue weighted by Gasteiger charge is 2.24. The largest absolute Gasteiger partial charge is 0.444 e. The number of hydrogen-bond acceptors (Lipinski definition) is 4. The zero-order valence-electron chi connectivity index (χ0n) is 17.3. The second kappa shape index (κ2) is 11.2. The number of carbonyl (C=O) groups is 1. The summed E-state index contributed by atoms with van der Waals surface area (Å²) in [4.78, 5) is 16.5. The molecule has 0 heterocycles. The molecule has 0 aromatic heterocycles. The number of alkyl carbamates (subject to hydrolysis) is 1. The van der Waals surface area contributed by atoms with Crippen LogP contribution in [-0.2, 0) is 9.47 Å². The molecule has 0 aromatic rings. The van der Waals surface area contributed by atoms with Crippen LogP contribution >= 0.6 is 0 Å². The van der Waals surface area contributed by atoms with E-state index in [1.165, 1.54) is 0 Å². The Morgan fingerprint density at radius 2 is 1.76 bits per heavy atom. The maximum Gasteiger partial charge on any atom is 0.408 e. The predicted molar refractivity (Wildman–Crippen MR) is 103 cm³/mol. The van der Waals surface area contributed by atoms with Gasteiger partial charge in [0.15, 0.2) is 5.96 Å². The highest BCUT2D eigenvalue weighted by molar-refractivity contribution is 5.79. The number of amides is 1. The number of aliphatic imine (C=N–C) groups is 1. The summed E-state index contributed by atoms with van der Waals surface area (Å²) in [5, 5.41) is 9.33. The molecule has 0 fully saturated rings. The van der Waals surface area contributed by atoms with Gasteiger partial charge >= 0.3 is 6.09 Å². The van der Waals surface area contributed by atoms with Gasteiger partial charge in [0, 0.05) is 19.7 Å². The lowest BCUT2D eigenvalue weighted by molar-refractivity contribution is 0.0476. The highest BCUT2D eigenvalue weighted by atomic mass is 16.6. The minimum atomic E-state index is -0.516. The smallest absolute Gasteiger partial charge is 0.408 e. The molecule has 0 radical (unpaired) electrons. The minimum absolute atomic E-state index is 0.252. The number of carbonyl (C=O) groups excluding carboxylic acids is 1. The van der Waals surface area contributed by atoms with Crippen LogP contribution in [0.3, 0.4) is 0 Å². The normalized spacial score (nSPS) is 12.9. The van der Waals surface area contributed by atoms with Gasteiger partial charge in [-0.05, 0) is 61.8 Å². The van der Waals surface area contributed by atoms with E-state index in [0.717, 1.165) is 32.1 Å². The van der Waals surface area contributed by atoms with Crippen molar-refractivity contribution in [3.05, 3.63) is 0 Å². The number of hydrogen-bond donors (Lipinski definition) is 3. The van der Waals surface area contributed by atoms with E-state index in [-0.39, 0.29) is 6.10 Å². The summed E-state index contributed by atoms with van der Waals surface area (Å²) in [7, 11) is 0. The molecule has 0 aliphatic carbocycles. The SMILES string of the molecule is CCNC(=NCC(C)(C)NC(=O)OC(C)(C)C)NCCCOC(C)C. The van der Waals surface area contributed by atoms with E-state index < -0.39 is 17.2 Å². The average Bonchev–Trinajstić information content (AvgIpc) is 2.41. The van der Waals surface area contributed by atoms with Crippen molar-refractivity contribution in [2.75, 3.05) is 26.2 Å². The second-order valence-corrected chi connectivity index (χ2v) is 7.91. The van der Waals surface area contributed by atoms with Gasteiger partial charge in [-0.25, -0.2) is 4.79 Å². The standard InChI is InChI=1S/C18H38N4O3/c1-9-19-15(20-11-10-12-24-14(2)3)21-13-18(7,8)22-16(23)25-17(4,5)6/h14H,9-13H2,1-8H3,(H,22,23)(H2,19,20,21). The number of ether oxygens (including phenoxy) is 2. The molecule has 7 heteroatoms. The Morgan fingerprint density at radius 1 is 1.12 bits per heavy atom. The van der Waals surface area contributed by atoms with Gasteiger partial charge in [-0.15, -0.1) is 0 Å². The lowest BCUT2D eigenvalue weighted by Gasteiger charge is -2.27. The van der Waals surface area contributed by atoms with Crippen molar-refractivity contribution in [1.29, 1.82) is 0 Å². The number of nitrogens with zero attached hydrogens (tertiary/aromatic N) is 1. The third-order valence-corrected chi connectivity index (χ3v) is 2.88. The molecule has 7 nitrogen and oxygen atoms in total. The van der Waals surface area contributed by atoms with Gasteiger partial charge in [0.05, 0.1) is 18.2 Å². The molecule has 0 saturated heterocycles. The van der Waals surface area contributed by atoms with Crippen molar-refractivity contribution in [2.45, 2.75) is 79.1 Å². The summed E-state index contributed by atoms with van der Waals surface area (Å²) >= 11 is 0.